The van der Waals surface area contributed by atoms with Gasteiger partial charge in [0.25, 0.3) is 0 Å². The van der Waals surface area contributed by atoms with Gasteiger partial charge in [0.2, 0.25) is 0 Å². The maximum Gasteiger partial charge on any atom is 0.0101 e. The second-order valence-electron chi connectivity index (χ2n) is 6.58. The van der Waals surface area contributed by atoms with Crippen LogP contribution in [0.3, 0.4) is 0 Å². The average Bonchev–Trinajstić information content (AvgIpc) is 2.64. The van der Waals surface area contributed by atoms with E-state index < -0.39 is 0 Å². The molecule has 2 aromatic carbocycles. The lowest BCUT2D eigenvalue weighted by Gasteiger charge is -2.31. The Hall–Kier alpha value is -1.86. The highest BCUT2D eigenvalue weighted by molar-refractivity contribution is 5.32. The molecule has 1 saturated heterocycles. The molecular weight excluding hydrogens is 278 g/mol. The average molecular weight is 305 g/mol. The minimum Gasteiger partial charge on any atom is -0.303 e. The molecule has 0 atom stereocenters. The minimum atomic E-state index is 0.495. The molecule has 0 aliphatic carbocycles. The van der Waals surface area contributed by atoms with Crippen molar-refractivity contribution in [2.75, 3.05) is 19.6 Å². The van der Waals surface area contributed by atoms with E-state index in [1.165, 1.54) is 50.0 Å². The van der Waals surface area contributed by atoms with E-state index in [9.17, 15) is 0 Å². The van der Waals surface area contributed by atoms with Crippen LogP contribution in [0.25, 0.3) is 0 Å². The number of hydrogen-bond donors (Lipinski definition) is 0. The van der Waals surface area contributed by atoms with Crippen LogP contribution in [0.1, 0.15) is 36.3 Å². The third-order valence-electron chi connectivity index (χ3n) is 5.10. The predicted octanol–water partition coefficient (Wildman–Crippen LogP) is 5.11. The Kier molecular flexibility index (Phi) is 5.65. The normalized spacial score (nSPS) is 16.6. The van der Waals surface area contributed by atoms with Crippen LogP contribution in [-0.4, -0.2) is 24.5 Å². The van der Waals surface area contributed by atoms with Crippen LogP contribution in [0, 0.1) is 5.92 Å². The van der Waals surface area contributed by atoms with Gasteiger partial charge in [0, 0.05) is 5.92 Å². The molecule has 23 heavy (non-hydrogen) atoms. The molecule has 0 N–H and O–H groups in total. The van der Waals surface area contributed by atoms with Crippen LogP contribution in [-0.2, 0) is 0 Å². The molecule has 0 bridgehead atoms. The molecule has 0 saturated carbocycles. The van der Waals surface area contributed by atoms with Crippen LogP contribution in [0.4, 0.5) is 0 Å². The highest BCUT2D eigenvalue weighted by Crippen LogP contribution is 2.29. The summed E-state index contributed by atoms with van der Waals surface area (Å²) in [6.45, 7) is 7.55. The second kappa shape index (κ2) is 8.12. The number of benzene rings is 2. The number of piperidine rings is 1. The number of likely N-dealkylation sites (tertiary alicyclic amines) is 1. The van der Waals surface area contributed by atoms with Gasteiger partial charge in [0.15, 0.2) is 0 Å². The van der Waals surface area contributed by atoms with Crippen molar-refractivity contribution >= 4 is 0 Å². The summed E-state index contributed by atoms with van der Waals surface area (Å²) in [5.41, 5.74) is 2.86. The van der Waals surface area contributed by atoms with E-state index in [1.54, 1.807) is 0 Å². The van der Waals surface area contributed by atoms with Gasteiger partial charge in [0.05, 0.1) is 0 Å². The quantitative estimate of drug-likeness (QED) is 0.671. The molecule has 0 amide bonds. The van der Waals surface area contributed by atoms with Gasteiger partial charge in [-0.05, 0) is 55.9 Å². The smallest absolute Gasteiger partial charge is 0.0101 e. The first-order valence-electron chi connectivity index (χ1n) is 8.81. The van der Waals surface area contributed by atoms with Crippen LogP contribution in [0.15, 0.2) is 73.3 Å². The zero-order valence-electron chi connectivity index (χ0n) is 13.9. The molecule has 120 valence electrons. The maximum absolute atomic E-state index is 3.94. The Morgan fingerprint density at radius 1 is 0.913 bits per heavy atom. The summed E-state index contributed by atoms with van der Waals surface area (Å²) in [6.07, 6.45) is 5.86. The highest BCUT2D eigenvalue weighted by atomic mass is 15.1. The van der Waals surface area contributed by atoms with Crippen LogP contribution >= 0.6 is 0 Å². The first-order chi connectivity index (χ1) is 11.4. The van der Waals surface area contributed by atoms with Crippen molar-refractivity contribution in [2.45, 2.75) is 25.2 Å². The molecule has 0 aromatic heterocycles. The third-order valence-corrected chi connectivity index (χ3v) is 5.10. The Bertz CT molecular complexity index is 542. The zero-order chi connectivity index (χ0) is 15.9. The monoisotopic (exact) mass is 305 g/mol. The fourth-order valence-corrected chi connectivity index (χ4v) is 3.62. The second-order valence-corrected chi connectivity index (χ2v) is 6.58. The standard InChI is InChI=1S/C22H27N/c1-2-19-13-16-23(17-14-19)18-15-22(20-9-5-3-6-10-20)21-11-7-4-8-12-21/h2-12,19,22H,1,13-18H2. The minimum absolute atomic E-state index is 0.495. The third kappa shape index (κ3) is 4.33. The van der Waals surface area contributed by atoms with E-state index in [4.69, 9.17) is 0 Å². The zero-order valence-corrected chi connectivity index (χ0v) is 13.9. The molecule has 3 rings (SSSR count). The number of nitrogens with zero attached hydrogens (tertiary/aromatic N) is 1. The van der Waals surface area contributed by atoms with Gasteiger partial charge in [-0.15, -0.1) is 6.58 Å². The van der Waals surface area contributed by atoms with E-state index in [1.807, 2.05) is 0 Å². The van der Waals surface area contributed by atoms with Gasteiger partial charge < -0.3 is 4.90 Å². The SMILES string of the molecule is C=CC1CCN(CCC(c2ccccc2)c2ccccc2)CC1. The van der Waals surface area contributed by atoms with Gasteiger partial charge in [-0.1, -0.05) is 66.7 Å². The van der Waals surface area contributed by atoms with Crippen molar-refractivity contribution in [1.82, 2.24) is 4.90 Å². The topological polar surface area (TPSA) is 3.24 Å². The lowest BCUT2D eigenvalue weighted by Crippen LogP contribution is -2.34. The molecule has 0 radical (unpaired) electrons. The lowest BCUT2D eigenvalue weighted by atomic mass is 9.88. The summed E-state index contributed by atoms with van der Waals surface area (Å²) < 4.78 is 0. The fraction of sp³-hybridized carbons (Fsp3) is 0.364. The Morgan fingerprint density at radius 2 is 1.43 bits per heavy atom. The molecule has 2 aromatic rings. The van der Waals surface area contributed by atoms with Gasteiger partial charge in [-0.25, -0.2) is 0 Å². The first-order valence-corrected chi connectivity index (χ1v) is 8.81. The van der Waals surface area contributed by atoms with Gasteiger partial charge in [0.1, 0.15) is 0 Å². The molecule has 1 heteroatoms. The molecule has 0 spiro atoms. The number of hydrogen-bond acceptors (Lipinski definition) is 1. The Balaban J connectivity index is 1.67. The summed E-state index contributed by atoms with van der Waals surface area (Å²) in [5, 5.41) is 0. The summed E-state index contributed by atoms with van der Waals surface area (Å²) in [7, 11) is 0. The van der Waals surface area contributed by atoms with Gasteiger partial charge in [-0.3, -0.25) is 0 Å². The van der Waals surface area contributed by atoms with Crippen molar-refractivity contribution in [2.24, 2.45) is 5.92 Å². The Morgan fingerprint density at radius 3 is 1.91 bits per heavy atom. The van der Waals surface area contributed by atoms with Crippen molar-refractivity contribution in [1.29, 1.82) is 0 Å². The highest BCUT2D eigenvalue weighted by Gasteiger charge is 2.19. The Labute approximate surface area is 140 Å². The van der Waals surface area contributed by atoms with Crippen molar-refractivity contribution in [3.8, 4) is 0 Å². The van der Waals surface area contributed by atoms with Crippen LogP contribution in [0.5, 0.6) is 0 Å². The molecule has 1 nitrogen and oxygen atoms in total. The molecular formula is C22H27N. The lowest BCUT2D eigenvalue weighted by molar-refractivity contribution is 0.199. The fourth-order valence-electron chi connectivity index (χ4n) is 3.62. The van der Waals surface area contributed by atoms with Crippen LogP contribution in [0.2, 0.25) is 0 Å². The summed E-state index contributed by atoms with van der Waals surface area (Å²) >= 11 is 0. The van der Waals surface area contributed by atoms with Crippen molar-refractivity contribution < 1.29 is 0 Å². The van der Waals surface area contributed by atoms with Gasteiger partial charge >= 0.3 is 0 Å². The van der Waals surface area contributed by atoms with E-state index in [2.05, 4.69) is 78.2 Å². The first kappa shape index (κ1) is 16.0. The molecule has 1 fully saturated rings. The number of allylic oxidation sites excluding steroid dienone is 1. The van der Waals surface area contributed by atoms with E-state index in [-0.39, 0.29) is 0 Å². The van der Waals surface area contributed by atoms with E-state index in [0.717, 1.165) is 5.92 Å². The molecule has 1 aliphatic rings. The number of rotatable bonds is 6. The maximum atomic E-state index is 3.94. The van der Waals surface area contributed by atoms with E-state index >= 15 is 0 Å². The molecule has 1 heterocycles. The summed E-state index contributed by atoms with van der Waals surface area (Å²) in [6, 6.07) is 21.9. The van der Waals surface area contributed by atoms with E-state index in [0.29, 0.717) is 5.92 Å². The van der Waals surface area contributed by atoms with Crippen molar-refractivity contribution in [3.63, 3.8) is 0 Å². The molecule has 1 aliphatic heterocycles. The van der Waals surface area contributed by atoms with Gasteiger partial charge in [-0.2, -0.15) is 0 Å². The largest absolute Gasteiger partial charge is 0.303 e. The summed E-state index contributed by atoms with van der Waals surface area (Å²) in [5.74, 6) is 1.22. The summed E-state index contributed by atoms with van der Waals surface area (Å²) in [4.78, 5) is 2.62. The molecule has 0 unspecified atom stereocenters. The predicted molar refractivity (Wildman–Crippen MR) is 98.7 cm³/mol. The van der Waals surface area contributed by atoms with Crippen molar-refractivity contribution in [3.05, 3.63) is 84.4 Å². The van der Waals surface area contributed by atoms with Crippen LogP contribution < -0.4 is 0 Å².